The molecule has 6 rings (SSSR count). The number of amides is 4. The second kappa shape index (κ2) is 14.4. The zero-order valence-electron chi connectivity index (χ0n) is 27.1. The lowest BCUT2D eigenvalue weighted by Crippen LogP contribution is -2.51. The SMILES string of the molecule is CN1CCC(C2CCN(C(=O)[C@H](CC(=O)N3CCC(N4Cc5ccsc5NC4=O)CC3)Cc3cc(Cl)c(O)c(C(F)(F)F)c3)CC2)CC1. The number of rotatable bonds is 7. The van der Waals surface area contributed by atoms with Gasteiger partial charge in [0.25, 0.3) is 0 Å². The Morgan fingerprint density at radius 2 is 1.62 bits per heavy atom. The number of urea groups is 1. The van der Waals surface area contributed by atoms with Crippen molar-refractivity contribution < 1.29 is 32.7 Å². The average Bonchev–Trinajstić information content (AvgIpc) is 3.52. The van der Waals surface area contributed by atoms with Crippen molar-refractivity contribution in [1.29, 1.82) is 0 Å². The summed E-state index contributed by atoms with van der Waals surface area (Å²) in [5.74, 6) is -1.26. The molecule has 1 aromatic heterocycles. The van der Waals surface area contributed by atoms with Crippen molar-refractivity contribution in [3.05, 3.63) is 45.3 Å². The van der Waals surface area contributed by atoms with E-state index in [1.165, 1.54) is 17.4 Å². The number of fused-ring (bicyclic) bond motifs is 1. The van der Waals surface area contributed by atoms with Gasteiger partial charge >= 0.3 is 12.2 Å². The number of halogens is 4. The number of phenols is 1. The third kappa shape index (κ3) is 7.73. The first-order chi connectivity index (χ1) is 22.9. The van der Waals surface area contributed by atoms with Crippen LogP contribution < -0.4 is 5.32 Å². The lowest BCUT2D eigenvalue weighted by molar-refractivity contribution is -0.143. The van der Waals surface area contributed by atoms with Crippen LogP contribution >= 0.6 is 22.9 Å². The molecule has 1 atom stereocenters. The molecule has 0 saturated carbocycles. The minimum atomic E-state index is -4.84. The number of thiophene rings is 1. The highest BCUT2D eigenvalue weighted by molar-refractivity contribution is 7.14. The van der Waals surface area contributed by atoms with Gasteiger partial charge in [0.2, 0.25) is 11.8 Å². The van der Waals surface area contributed by atoms with E-state index in [1.807, 2.05) is 16.3 Å². The third-order valence-corrected chi connectivity index (χ3v) is 11.9. The number of carbonyl (C=O) groups excluding carboxylic acids is 3. The van der Waals surface area contributed by atoms with E-state index in [4.69, 9.17) is 11.6 Å². The predicted octanol–water partition coefficient (Wildman–Crippen LogP) is 6.29. The molecule has 5 heterocycles. The van der Waals surface area contributed by atoms with Crippen LogP contribution in [0.1, 0.15) is 61.6 Å². The van der Waals surface area contributed by atoms with Gasteiger partial charge in [-0.3, -0.25) is 14.9 Å². The molecule has 0 radical (unpaired) electrons. The molecule has 3 saturated heterocycles. The number of likely N-dealkylation sites (tertiary alicyclic amines) is 3. The van der Waals surface area contributed by atoms with E-state index in [0.717, 1.165) is 55.4 Å². The number of benzene rings is 1. The quantitative estimate of drug-likeness (QED) is 0.352. The maximum absolute atomic E-state index is 14.0. The number of phenolic OH excluding ortho intramolecular Hbond substituents is 1. The fourth-order valence-corrected chi connectivity index (χ4v) is 8.97. The molecule has 2 aromatic rings. The summed E-state index contributed by atoms with van der Waals surface area (Å²) in [6.45, 7) is 4.59. The van der Waals surface area contributed by atoms with Gasteiger partial charge in [-0.05, 0) is 106 Å². The van der Waals surface area contributed by atoms with Crippen molar-refractivity contribution in [2.24, 2.45) is 17.8 Å². The molecule has 2 N–H and O–H groups in total. The van der Waals surface area contributed by atoms with Crippen LogP contribution in [0.3, 0.4) is 0 Å². The molecule has 262 valence electrons. The van der Waals surface area contributed by atoms with Gasteiger partial charge in [0.15, 0.2) is 0 Å². The summed E-state index contributed by atoms with van der Waals surface area (Å²) in [4.78, 5) is 48.1. The minimum absolute atomic E-state index is 0.0367. The molecule has 1 aromatic carbocycles. The Morgan fingerprint density at radius 3 is 2.27 bits per heavy atom. The monoisotopic (exact) mass is 709 g/mol. The van der Waals surface area contributed by atoms with Gasteiger partial charge < -0.3 is 24.7 Å². The van der Waals surface area contributed by atoms with Crippen molar-refractivity contribution in [3.8, 4) is 5.75 Å². The number of alkyl halides is 3. The maximum Gasteiger partial charge on any atom is 0.420 e. The summed E-state index contributed by atoms with van der Waals surface area (Å²) in [7, 11) is 2.13. The first kappa shape index (κ1) is 34.8. The normalized spacial score (nSPS) is 21.3. The topological polar surface area (TPSA) is 96.4 Å². The number of hydrogen-bond donors (Lipinski definition) is 2. The molecule has 3 fully saturated rings. The molecule has 0 aliphatic carbocycles. The van der Waals surface area contributed by atoms with Crippen molar-refractivity contribution in [2.45, 2.75) is 70.1 Å². The summed E-state index contributed by atoms with van der Waals surface area (Å²) in [5, 5.41) is 15.3. The third-order valence-electron chi connectivity index (χ3n) is 10.8. The molecular weight excluding hydrogens is 667 g/mol. The number of nitrogens with zero attached hydrogens (tertiary/aromatic N) is 4. The van der Waals surface area contributed by atoms with E-state index in [1.54, 1.807) is 9.80 Å². The first-order valence-corrected chi connectivity index (χ1v) is 18.1. The van der Waals surface area contributed by atoms with E-state index in [9.17, 15) is 32.7 Å². The Morgan fingerprint density at radius 1 is 1.00 bits per heavy atom. The highest BCUT2D eigenvalue weighted by Gasteiger charge is 2.38. The molecule has 0 unspecified atom stereocenters. The van der Waals surface area contributed by atoms with E-state index in [0.29, 0.717) is 57.4 Å². The van der Waals surface area contributed by atoms with Crippen molar-refractivity contribution in [1.82, 2.24) is 19.6 Å². The second-order valence-electron chi connectivity index (χ2n) is 13.8. The van der Waals surface area contributed by atoms with E-state index < -0.39 is 28.4 Å². The zero-order valence-corrected chi connectivity index (χ0v) is 28.7. The lowest BCUT2D eigenvalue weighted by atomic mass is 9.78. The van der Waals surface area contributed by atoms with Gasteiger partial charge in [0.1, 0.15) is 10.8 Å². The Balaban J connectivity index is 1.13. The van der Waals surface area contributed by atoms with Gasteiger partial charge in [0, 0.05) is 44.2 Å². The molecule has 4 aliphatic rings. The molecule has 0 bridgehead atoms. The standard InChI is InChI=1S/C34H43ClF3N5O4S/c1-40-9-2-22(3-10-40)23-4-11-42(12-5-23)32(46)25(16-21-17-27(34(36,37)38)30(45)28(35)18-21)19-29(44)41-13-6-26(7-14-41)43-20-24-8-15-48-31(24)39-33(43)47/h8,15,17-18,22-23,25-26,45H,2-7,9-14,16,19-20H2,1H3,(H,39,47)/t25-/m0/s1. The van der Waals surface area contributed by atoms with Crippen LogP contribution in [0.5, 0.6) is 5.75 Å². The predicted molar refractivity (Wildman–Crippen MR) is 178 cm³/mol. The average molecular weight is 710 g/mol. The smallest absolute Gasteiger partial charge is 0.420 e. The van der Waals surface area contributed by atoms with Crippen LogP contribution in [-0.2, 0) is 28.7 Å². The van der Waals surface area contributed by atoms with Crippen LogP contribution in [0.4, 0.5) is 23.0 Å². The van der Waals surface area contributed by atoms with Crippen molar-refractivity contribution in [2.75, 3.05) is 51.6 Å². The van der Waals surface area contributed by atoms with Crippen LogP contribution in [0.15, 0.2) is 23.6 Å². The van der Waals surface area contributed by atoms with Crippen LogP contribution in [0.25, 0.3) is 0 Å². The summed E-state index contributed by atoms with van der Waals surface area (Å²) in [5.41, 5.74) is -0.0576. The minimum Gasteiger partial charge on any atom is -0.506 e. The van der Waals surface area contributed by atoms with Crippen LogP contribution in [0.2, 0.25) is 5.02 Å². The van der Waals surface area contributed by atoms with Gasteiger partial charge in [-0.25, -0.2) is 4.79 Å². The van der Waals surface area contributed by atoms with Crippen molar-refractivity contribution in [3.63, 3.8) is 0 Å². The molecule has 4 amide bonds. The molecule has 9 nitrogen and oxygen atoms in total. The number of piperidine rings is 3. The van der Waals surface area contributed by atoms with E-state index in [-0.39, 0.29) is 42.3 Å². The zero-order chi connectivity index (χ0) is 34.2. The molecule has 4 aliphatic heterocycles. The molecular formula is C34H43ClF3N5O4S. The van der Waals surface area contributed by atoms with Gasteiger partial charge in [0.05, 0.1) is 23.0 Å². The van der Waals surface area contributed by atoms with E-state index in [2.05, 4.69) is 17.3 Å². The Kier molecular flexibility index (Phi) is 10.5. The van der Waals surface area contributed by atoms with Crippen LogP contribution in [0, 0.1) is 17.8 Å². The molecule has 0 spiro atoms. The first-order valence-electron chi connectivity index (χ1n) is 16.8. The number of aromatic hydroxyl groups is 1. The second-order valence-corrected chi connectivity index (χ2v) is 15.1. The summed E-state index contributed by atoms with van der Waals surface area (Å²) in [6, 6.07) is 3.89. The van der Waals surface area contributed by atoms with Crippen LogP contribution in [-0.4, -0.2) is 94.9 Å². The van der Waals surface area contributed by atoms with Gasteiger partial charge in [-0.15, -0.1) is 11.3 Å². The maximum atomic E-state index is 14.0. The Bertz CT molecular complexity index is 1500. The molecule has 48 heavy (non-hydrogen) atoms. The highest BCUT2D eigenvalue weighted by atomic mass is 35.5. The molecule has 14 heteroatoms. The van der Waals surface area contributed by atoms with Gasteiger partial charge in [-0.1, -0.05) is 11.6 Å². The number of hydrogen-bond acceptors (Lipinski definition) is 6. The van der Waals surface area contributed by atoms with Crippen molar-refractivity contribution >= 4 is 45.8 Å². The summed E-state index contributed by atoms with van der Waals surface area (Å²) in [6.07, 6.45) is 0.0939. The Hall–Kier alpha value is -3.03. The van der Waals surface area contributed by atoms with Gasteiger partial charge in [-0.2, -0.15) is 13.2 Å². The fourth-order valence-electron chi connectivity index (χ4n) is 7.93. The Labute approximate surface area is 288 Å². The summed E-state index contributed by atoms with van der Waals surface area (Å²) < 4.78 is 41.2. The summed E-state index contributed by atoms with van der Waals surface area (Å²) >= 11 is 7.51. The fraction of sp³-hybridized carbons (Fsp3) is 0.618. The number of anilines is 1. The largest absolute Gasteiger partial charge is 0.506 e. The lowest BCUT2D eigenvalue weighted by Gasteiger charge is -2.41. The highest BCUT2D eigenvalue weighted by Crippen LogP contribution is 2.41. The van der Waals surface area contributed by atoms with E-state index >= 15 is 0 Å². The number of carbonyl (C=O) groups is 3. The number of nitrogens with one attached hydrogen (secondary N) is 1.